The second kappa shape index (κ2) is 8.28. The first-order valence-electron chi connectivity index (χ1n) is 5.63. The molecule has 0 aliphatic heterocycles. The molecule has 0 amide bonds. The maximum atomic E-state index is 8.79. The number of rotatable bonds is 8. The average Bonchev–Trinajstić information content (AvgIpc) is 2.39. The molecule has 6 nitrogen and oxygen atoms in total. The Morgan fingerprint density at radius 3 is 2.89 bits per heavy atom. The van der Waals surface area contributed by atoms with Gasteiger partial charge in [0.05, 0.1) is 25.4 Å². The van der Waals surface area contributed by atoms with Crippen LogP contribution in [-0.2, 0) is 9.47 Å². The highest BCUT2D eigenvalue weighted by Gasteiger charge is 2.06. The van der Waals surface area contributed by atoms with E-state index in [0.29, 0.717) is 37.9 Å². The number of anilines is 1. The molecule has 0 fully saturated rings. The Morgan fingerprint density at radius 2 is 2.17 bits per heavy atom. The van der Waals surface area contributed by atoms with Gasteiger partial charge in [-0.2, -0.15) is 5.26 Å². The van der Waals surface area contributed by atoms with Crippen molar-refractivity contribution in [2.45, 2.75) is 6.42 Å². The van der Waals surface area contributed by atoms with Gasteiger partial charge in [0.25, 0.3) is 0 Å². The van der Waals surface area contributed by atoms with Crippen molar-refractivity contribution in [3.8, 4) is 11.9 Å². The van der Waals surface area contributed by atoms with Gasteiger partial charge < -0.3 is 19.9 Å². The van der Waals surface area contributed by atoms with Crippen molar-refractivity contribution in [1.82, 2.24) is 4.98 Å². The second-order valence-electron chi connectivity index (χ2n) is 3.50. The first kappa shape index (κ1) is 14.2. The van der Waals surface area contributed by atoms with Crippen LogP contribution in [0.15, 0.2) is 12.3 Å². The van der Waals surface area contributed by atoms with E-state index in [1.807, 2.05) is 6.07 Å². The summed E-state index contributed by atoms with van der Waals surface area (Å²) in [5.41, 5.74) is 6.37. The highest BCUT2D eigenvalue weighted by Crippen LogP contribution is 2.21. The van der Waals surface area contributed by atoms with Crippen LogP contribution in [0.2, 0.25) is 0 Å². The summed E-state index contributed by atoms with van der Waals surface area (Å²) in [6.45, 7) is 2.18. The van der Waals surface area contributed by atoms with Crippen LogP contribution >= 0.6 is 0 Å². The van der Waals surface area contributed by atoms with E-state index < -0.39 is 0 Å². The molecule has 0 aliphatic rings. The summed E-state index contributed by atoms with van der Waals surface area (Å²) in [6, 6.07) is 3.53. The van der Waals surface area contributed by atoms with Gasteiger partial charge in [-0.3, -0.25) is 0 Å². The van der Waals surface area contributed by atoms with Crippen LogP contribution in [0.5, 0.6) is 5.88 Å². The van der Waals surface area contributed by atoms with Crippen molar-refractivity contribution in [1.29, 1.82) is 5.26 Å². The first-order valence-corrected chi connectivity index (χ1v) is 5.63. The van der Waals surface area contributed by atoms with Gasteiger partial charge in [0.2, 0.25) is 5.88 Å². The van der Waals surface area contributed by atoms with Crippen LogP contribution < -0.4 is 10.5 Å². The Labute approximate surface area is 106 Å². The largest absolute Gasteiger partial charge is 0.476 e. The fourth-order valence-corrected chi connectivity index (χ4v) is 1.24. The molecule has 18 heavy (non-hydrogen) atoms. The quantitative estimate of drug-likeness (QED) is 0.692. The van der Waals surface area contributed by atoms with E-state index in [1.165, 1.54) is 6.20 Å². The smallest absolute Gasteiger partial charge is 0.238 e. The number of nitriles is 1. The Hall–Kier alpha value is -1.84. The molecule has 0 aliphatic carbocycles. The molecular weight excluding hydrogens is 234 g/mol. The maximum Gasteiger partial charge on any atom is 0.238 e. The number of hydrogen-bond acceptors (Lipinski definition) is 6. The molecule has 0 aromatic carbocycles. The summed E-state index contributed by atoms with van der Waals surface area (Å²) in [6.07, 6.45) is 2.22. The van der Waals surface area contributed by atoms with Gasteiger partial charge in [0, 0.05) is 26.3 Å². The van der Waals surface area contributed by atoms with Gasteiger partial charge in [-0.25, -0.2) is 4.98 Å². The van der Waals surface area contributed by atoms with Gasteiger partial charge in [0.1, 0.15) is 11.8 Å². The Balaban J connectivity index is 2.26. The minimum absolute atomic E-state index is 0.278. The SMILES string of the molecule is COCCOCCCOc1nccc(C#N)c1N. The Kier molecular flexibility index (Phi) is 6.54. The highest BCUT2D eigenvalue weighted by atomic mass is 16.5. The maximum absolute atomic E-state index is 8.79. The highest BCUT2D eigenvalue weighted by molar-refractivity contribution is 5.59. The predicted octanol–water partition coefficient (Wildman–Crippen LogP) is 0.967. The van der Waals surface area contributed by atoms with E-state index in [9.17, 15) is 0 Å². The van der Waals surface area contributed by atoms with Crippen molar-refractivity contribution in [3.05, 3.63) is 17.8 Å². The molecule has 0 bridgehead atoms. The Morgan fingerprint density at radius 1 is 1.33 bits per heavy atom. The lowest BCUT2D eigenvalue weighted by Crippen LogP contribution is -2.08. The van der Waals surface area contributed by atoms with Gasteiger partial charge in [-0.1, -0.05) is 0 Å². The lowest BCUT2D eigenvalue weighted by molar-refractivity contribution is 0.0642. The second-order valence-corrected chi connectivity index (χ2v) is 3.50. The molecule has 0 radical (unpaired) electrons. The van der Waals surface area contributed by atoms with Gasteiger partial charge in [0.15, 0.2) is 0 Å². The van der Waals surface area contributed by atoms with Crippen LogP contribution in [-0.4, -0.2) is 38.5 Å². The number of methoxy groups -OCH3 is 1. The molecule has 0 spiro atoms. The van der Waals surface area contributed by atoms with Crippen LogP contribution in [0.1, 0.15) is 12.0 Å². The zero-order valence-corrected chi connectivity index (χ0v) is 10.4. The lowest BCUT2D eigenvalue weighted by Gasteiger charge is -2.08. The molecule has 6 heteroatoms. The van der Waals surface area contributed by atoms with Gasteiger partial charge in [-0.05, 0) is 6.07 Å². The number of nitrogens with two attached hydrogens (primary N) is 1. The molecule has 2 N–H and O–H groups in total. The number of aromatic nitrogens is 1. The molecule has 1 aromatic heterocycles. The fraction of sp³-hybridized carbons (Fsp3) is 0.500. The number of pyridine rings is 1. The number of nitrogens with zero attached hydrogens (tertiary/aromatic N) is 2. The van der Waals surface area contributed by atoms with Gasteiger partial charge in [-0.15, -0.1) is 0 Å². The number of ether oxygens (including phenoxy) is 3. The molecular formula is C12H17N3O3. The van der Waals surface area contributed by atoms with Crippen molar-refractivity contribution in [2.24, 2.45) is 0 Å². The summed E-state index contributed by atoms with van der Waals surface area (Å²) in [7, 11) is 1.63. The summed E-state index contributed by atoms with van der Waals surface area (Å²) >= 11 is 0. The van der Waals surface area contributed by atoms with E-state index in [2.05, 4.69) is 4.98 Å². The van der Waals surface area contributed by atoms with Crippen molar-refractivity contribution in [2.75, 3.05) is 39.3 Å². The van der Waals surface area contributed by atoms with E-state index in [-0.39, 0.29) is 5.69 Å². The van der Waals surface area contributed by atoms with Gasteiger partial charge >= 0.3 is 0 Å². The van der Waals surface area contributed by atoms with E-state index in [4.69, 9.17) is 25.2 Å². The van der Waals surface area contributed by atoms with E-state index in [1.54, 1.807) is 13.2 Å². The Bertz CT molecular complexity index is 404. The standard InChI is InChI=1S/C12H17N3O3/c1-16-7-8-17-5-2-6-18-12-11(14)10(9-13)3-4-15-12/h3-4H,2,5-8,14H2,1H3. The molecule has 0 saturated heterocycles. The summed E-state index contributed by atoms with van der Waals surface area (Å²) < 4.78 is 15.5. The van der Waals surface area contributed by atoms with Crippen molar-refractivity contribution < 1.29 is 14.2 Å². The zero-order chi connectivity index (χ0) is 13.2. The number of hydrogen-bond donors (Lipinski definition) is 1. The van der Waals surface area contributed by atoms with Crippen molar-refractivity contribution in [3.63, 3.8) is 0 Å². The predicted molar refractivity (Wildman–Crippen MR) is 66.2 cm³/mol. The molecule has 0 saturated carbocycles. The molecule has 98 valence electrons. The summed E-state index contributed by atoms with van der Waals surface area (Å²) in [5, 5.41) is 8.79. The third-order valence-electron chi connectivity index (χ3n) is 2.18. The summed E-state index contributed by atoms with van der Waals surface area (Å²) in [5.74, 6) is 0.297. The third kappa shape index (κ3) is 4.57. The molecule has 0 unspecified atom stereocenters. The van der Waals surface area contributed by atoms with Crippen LogP contribution in [0, 0.1) is 11.3 Å². The number of nitrogen functional groups attached to an aromatic ring is 1. The molecule has 1 rings (SSSR count). The average molecular weight is 251 g/mol. The minimum Gasteiger partial charge on any atom is -0.476 e. The minimum atomic E-state index is 0.278. The zero-order valence-electron chi connectivity index (χ0n) is 10.4. The topological polar surface area (TPSA) is 90.4 Å². The monoisotopic (exact) mass is 251 g/mol. The van der Waals surface area contributed by atoms with Crippen LogP contribution in [0.3, 0.4) is 0 Å². The van der Waals surface area contributed by atoms with Crippen LogP contribution in [0.25, 0.3) is 0 Å². The molecule has 0 atom stereocenters. The van der Waals surface area contributed by atoms with E-state index in [0.717, 1.165) is 6.42 Å². The molecule has 1 aromatic rings. The molecule has 1 heterocycles. The van der Waals surface area contributed by atoms with E-state index >= 15 is 0 Å². The fourth-order valence-electron chi connectivity index (χ4n) is 1.24. The lowest BCUT2D eigenvalue weighted by atomic mass is 10.2. The normalized spacial score (nSPS) is 10.0. The van der Waals surface area contributed by atoms with Crippen molar-refractivity contribution >= 4 is 5.69 Å². The first-order chi connectivity index (χ1) is 8.79. The third-order valence-corrected chi connectivity index (χ3v) is 2.18. The van der Waals surface area contributed by atoms with Crippen LogP contribution in [0.4, 0.5) is 5.69 Å². The summed E-state index contributed by atoms with van der Waals surface area (Å²) in [4.78, 5) is 3.97.